The van der Waals surface area contributed by atoms with Crippen molar-refractivity contribution in [3.05, 3.63) is 0 Å². The van der Waals surface area contributed by atoms with Gasteiger partial charge in [0, 0.05) is 38.9 Å². The molecule has 354 valence electrons. The molecule has 0 saturated heterocycles. The molecule has 2 unspecified atom stereocenters. The number of hydrogen-bond acceptors (Lipinski definition) is 13. The first-order chi connectivity index (χ1) is 29.5. The summed E-state index contributed by atoms with van der Waals surface area (Å²) in [5.41, 5.74) is 0. The third-order valence-electron chi connectivity index (χ3n) is 9.38. The van der Waals surface area contributed by atoms with Crippen LogP contribution in [-0.4, -0.2) is 141 Å². The van der Waals surface area contributed by atoms with E-state index in [9.17, 15) is 38.7 Å². The summed E-state index contributed by atoms with van der Waals surface area (Å²) in [5, 5.41) is 37.6. The van der Waals surface area contributed by atoms with Gasteiger partial charge in [-0.25, -0.2) is 4.79 Å². The van der Waals surface area contributed by atoms with E-state index in [-0.39, 0.29) is 115 Å². The third-order valence-corrected chi connectivity index (χ3v) is 9.69. The maximum Gasteiger partial charge on any atom is 0.326 e. The minimum atomic E-state index is -1.19. The summed E-state index contributed by atoms with van der Waals surface area (Å²) in [6.07, 6.45) is 17.1. The summed E-state index contributed by atoms with van der Waals surface area (Å²) in [6, 6.07) is -1.88. The predicted molar refractivity (Wildman–Crippen MR) is 230 cm³/mol. The molecule has 0 bridgehead atoms. The summed E-state index contributed by atoms with van der Waals surface area (Å²) in [6.45, 7) is 1.79. The van der Waals surface area contributed by atoms with Crippen molar-refractivity contribution >= 4 is 54.4 Å². The Bertz CT molecular complexity index is 1200. The van der Waals surface area contributed by atoms with Gasteiger partial charge in [-0.15, -0.1) is 0 Å². The Morgan fingerprint density at radius 3 is 1.30 bits per heavy atom. The van der Waals surface area contributed by atoms with Crippen molar-refractivity contribution in [1.82, 2.24) is 26.0 Å². The van der Waals surface area contributed by atoms with Crippen molar-refractivity contribution in [3.63, 3.8) is 0 Å². The van der Waals surface area contributed by atoms with Gasteiger partial charge in [0.15, 0.2) is 0 Å². The molecule has 0 saturated carbocycles. The number of rotatable bonds is 45. The molecule has 0 aromatic heterocycles. The van der Waals surface area contributed by atoms with Crippen molar-refractivity contribution in [2.24, 2.45) is 0 Å². The van der Waals surface area contributed by atoms with Crippen molar-refractivity contribution in [3.8, 4) is 0 Å². The summed E-state index contributed by atoms with van der Waals surface area (Å²) in [5.74, 6) is -4.19. The minimum absolute atomic E-state index is 0.0320. The van der Waals surface area contributed by atoms with E-state index in [0.29, 0.717) is 32.2 Å². The SMILES string of the molecule is O=C(O)CCCCCCCCCCCCCCCCC(=O)NC(CCC(=O)NCCOCCOCC(=O)NCCOCCOCC(=O)NCCCCC(NS)C(=O)O)C(=O)O. The molecule has 0 spiro atoms. The second-order valence-electron chi connectivity index (χ2n) is 14.7. The summed E-state index contributed by atoms with van der Waals surface area (Å²) in [7, 11) is 0. The topological polar surface area (TPSA) is 277 Å². The molecular weight excluding hydrogens is 819 g/mol. The molecule has 4 amide bonds. The highest BCUT2D eigenvalue weighted by Gasteiger charge is 2.21. The third kappa shape index (κ3) is 40.3. The second-order valence-corrected chi connectivity index (χ2v) is 15.0. The summed E-state index contributed by atoms with van der Waals surface area (Å²) < 4.78 is 23.7. The van der Waals surface area contributed by atoms with Crippen LogP contribution in [0.3, 0.4) is 0 Å². The van der Waals surface area contributed by atoms with E-state index in [0.717, 1.165) is 44.9 Å². The Morgan fingerprint density at radius 1 is 0.410 bits per heavy atom. The van der Waals surface area contributed by atoms with Gasteiger partial charge in [0.25, 0.3) is 0 Å². The molecule has 0 aliphatic rings. The number of nitrogens with one attached hydrogen (secondary N) is 5. The van der Waals surface area contributed by atoms with Gasteiger partial charge in [0.05, 0.1) is 39.6 Å². The van der Waals surface area contributed by atoms with Crippen LogP contribution in [0.1, 0.15) is 135 Å². The monoisotopic (exact) mass is 894 g/mol. The van der Waals surface area contributed by atoms with Crippen LogP contribution in [0.25, 0.3) is 0 Å². The van der Waals surface area contributed by atoms with Crippen molar-refractivity contribution in [1.29, 1.82) is 0 Å². The van der Waals surface area contributed by atoms with Gasteiger partial charge in [-0.3, -0.25) is 33.5 Å². The Morgan fingerprint density at radius 2 is 0.836 bits per heavy atom. The minimum Gasteiger partial charge on any atom is -0.481 e. The highest BCUT2D eigenvalue weighted by molar-refractivity contribution is 7.78. The molecule has 8 N–H and O–H groups in total. The number of carbonyl (C=O) groups excluding carboxylic acids is 4. The van der Waals surface area contributed by atoms with Crippen LogP contribution in [0, 0.1) is 0 Å². The lowest BCUT2D eigenvalue weighted by atomic mass is 10.0. The maximum absolute atomic E-state index is 12.3. The van der Waals surface area contributed by atoms with Crippen molar-refractivity contribution in [2.75, 3.05) is 72.5 Å². The lowest BCUT2D eigenvalue weighted by molar-refractivity contribution is -0.142. The first-order valence-corrected chi connectivity index (χ1v) is 22.4. The van der Waals surface area contributed by atoms with Gasteiger partial charge in [-0.1, -0.05) is 89.9 Å². The number of carboxylic acid groups (broad SMARTS) is 3. The standard InChI is InChI=1S/C41H75N5O14S/c47-35(21-20-33(40(53)54)45-36(48)18-13-11-9-7-5-3-1-2-4-6-8-10-12-14-19-39(51)52)43-23-25-57-27-30-60-32-38(50)44-24-26-58-28-29-59-31-37(49)42-22-16-15-17-34(46-61)41(55)56/h33-34,46,61H,1-32H2,(H,42,49)(H,43,47)(H,44,50)(H,45,48)(H,51,52)(H,53,54)(H,55,56). The average molecular weight is 894 g/mol. The van der Waals surface area contributed by atoms with Gasteiger partial charge in [-0.2, -0.15) is 0 Å². The van der Waals surface area contributed by atoms with Crippen molar-refractivity contribution in [2.45, 2.75) is 147 Å². The van der Waals surface area contributed by atoms with Gasteiger partial charge >= 0.3 is 17.9 Å². The molecule has 0 radical (unpaired) electrons. The van der Waals surface area contributed by atoms with E-state index in [2.05, 4.69) is 38.8 Å². The molecule has 2 atom stereocenters. The number of carboxylic acids is 3. The summed E-state index contributed by atoms with van der Waals surface area (Å²) >= 11 is 3.78. The van der Waals surface area contributed by atoms with Crippen LogP contribution >= 0.6 is 12.8 Å². The van der Waals surface area contributed by atoms with Crippen LogP contribution < -0.4 is 26.0 Å². The molecule has 61 heavy (non-hydrogen) atoms. The zero-order valence-corrected chi connectivity index (χ0v) is 37.0. The fourth-order valence-corrected chi connectivity index (χ4v) is 6.15. The quantitative estimate of drug-likeness (QED) is 0.0314. The highest BCUT2D eigenvalue weighted by atomic mass is 32.1. The molecule has 0 aliphatic carbocycles. The van der Waals surface area contributed by atoms with Gasteiger partial charge in [-0.05, 0) is 38.5 Å². The van der Waals surface area contributed by atoms with E-state index in [1.165, 1.54) is 38.5 Å². The van der Waals surface area contributed by atoms with Gasteiger partial charge in [0.1, 0.15) is 25.3 Å². The number of thiol groups is 1. The molecular formula is C41H75N5O14S. The van der Waals surface area contributed by atoms with Crippen LogP contribution in [-0.2, 0) is 52.5 Å². The number of unbranched alkanes of at least 4 members (excludes halogenated alkanes) is 14. The molecule has 0 aliphatic heterocycles. The predicted octanol–water partition coefficient (Wildman–Crippen LogP) is 3.14. The Kier molecular flexibility index (Phi) is 39.3. The first kappa shape index (κ1) is 57.4. The second kappa shape index (κ2) is 41.8. The Balaban J connectivity index is 3.65. The number of carbonyl (C=O) groups is 7. The van der Waals surface area contributed by atoms with Crippen LogP contribution in [0.15, 0.2) is 0 Å². The van der Waals surface area contributed by atoms with Crippen molar-refractivity contribution < 1.29 is 67.8 Å². The maximum atomic E-state index is 12.3. The number of ether oxygens (including phenoxy) is 4. The highest BCUT2D eigenvalue weighted by Crippen LogP contribution is 2.14. The van der Waals surface area contributed by atoms with Gasteiger partial charge in [0.2, 0.25) is 23.6 Å². The van der Waals surface area contributed by atoms with Gasteiger partial charge < -0.3 is 55.5 Å². The molecule has 0 rings (SSSR count). The fraction of sp³-hybridized carbons (Fsp3) is 0.829. The van der Waals surface area contributed by atoms with Crippen LogP contribution in [0.4, 0.5) is 0 Å². The summed E-state index contributed by atoms with van der Waals surface area (Å²) in [4.78, 5) is 81.2. The molecule has 20 heteroatoms. The van der Waals surface area contributed by atoms with E-state index in [1.54, 1.807) is 0 Å². The van der Waals surface area contributed by atoms with E-state index in [1.807, 2.05) is 0 Å². The Hall–Kier alpha value is -3.56. The zero-order chi connectivity index (χ0) is 45.2. The number of hydrogen-bond donors (Lipinski definition) is 9. The van der Waals surface area contributed by atoms with E-state index >= 15 is 0 Å². The normalized spacial score (nSPS) is 12.0. The molecule has 0 fully saturated rings. The lowest BCUT2D eigenvalue weighted by Gasteiger charge is -2.14. The van der Waals surface area contributed by atoms with Crippen LogP contribution in [0.5, 0.6) is 0 Å². The lowest BCUT2D eigenvalue weighted by Crippen LogP contribution is -2.41. The number of aliphatic carboxylic acids is 3. The average Bonchev–Trinajstić information content (AvgIpc) is 3.22. The van der Waals surface area contributed by atoms with Crippen LogP contribution in [0.2, 0.25) is 0 Å². The first-order valence-electron chi connectivity index (χ1n) is 21.9. The fourth-order valence-electron chi connectivity index (χ4n) is 5.91. The molecule has 19 nitrogen and oxygen atoms in total. The zero-order valence-electron chi connectivity index (χ0n) is 36.1. The Labute approximate surface area is 366 Å². The molecule has 0 heterocycles. The van der Waals surface area contributed by atoms with E-state index < -0.39 is 30.0 Å². The largest absolute Gasteiger partial charge is 0.481 e. The number of amides is 4. The van der Waals surface area contributed by atoms with E-state index in [4.69, 9.17) is 29.2 Å². The molecule has 0 aromatic carbocycles. The molecule has 0 aromatic rings. The smallest absolute Gasteiger partial charge is 0.326 e.